The van der Waals surface area contributed by atoms with Crippen LogP contribution < -0.4 is 0 Å². The molecule has 1 aliphatic carbocycles. The molecule has 0 atom stereocenters. The summed E-state index contributed by atoms with van der Waals surface area (Å²) >= 11 is 0. The molecule has 0 fully saturated rings. The van der Waals surface area contributed by atoms with E-state index in [4.69, 9.17) is 4.74 Å². The first kappa shape index (κ1) is 9.97. The van der Waals surface area contributed by atoms with Crippen molar-refractivity contribution in [3.05, 3.63) is 41.5 Å². The van der Waals surface area contributed by atoms with E-state index < -0.39 is 0 Å². The Bertz CT molecular complexity index is 390. The van der Waals surface area contributed by atoms with Gasteiger partial charge in [0.05, 0.1) is 7.11 Å². The van der Waals surface area contributed by atoms with Crippen LogP contribution in [0, 0.1) is 0 Å². The van der Waals surface area contributed by atoms with Gasteiger partial charge >= 0.3 is 5.97 Å². The lowest BCUT2D eigenvalue weighted by atomic mass is 10.0. The van der Waals surface area contributed by atoms with Crippen molar-refractivity contribution < 1.29 is 9.53 Å². The first-order valence-corrected chi connectivity index (χ1v) is 5.18. The number of allylic oxidation sites excluding steroid dienone is 1. The Morgan fingerprint density at radius 3 is 2.60 bits per heavy atom. The Morgan fingerprint density at radius 1 is 1.20 bits per heavy atom. The minimum Gasteiger partial charge on any atom is -0.466 e. The van der Waals surface area contributed by atoms with Gasteiger partial charge in [-0.25, -0.2) is 4.79 Å². The van der Waals surface area contributed by atoms with Crippen molar-refractivity contribution >= 4 is 11.5 Å². The van der Waals surface area contributed by atoms with Gasteiger partial charge in [0.15, 0.2) is 0 Å². The molecule has 2 heteroatoms. The molecule has 0 bridgehead atoms. The first-order valence-electron chi connectivity index (χ1n) is 5.18. The molecular weight excluding hydrogens is 188 g/mol. The lowest BCUT2D eigenvalue weighted by Gasteiger charge is -2.05. The highest BCUT2D eigenvalue weighted by Gasteiger charge is 2.21. The molecule has 0 amide bonds. The van der Waals surface area contributed by atoms with Crippen LogP contribution in [0.15, 0.2) is 35.9 Å². The van der Waals surface area contributed by atoms with Gasteiger partial charge in [-0.15, -0.1) is 0 Å². The van der Waals surface area contributed by atoms with Gasteiger partial charge in [0, 0.05) is 5.57 Å². The average molecular weight is 202 g/mol. The third-order valence-electron chi connectivity index (χ3n) is 2.77. The number of methoxy groups -OCH3 is 1. The summed E-state index contributed by atoms with van der Waals surface area (Å²) in [5, 5.41) is 0. The molecule has 78 valence electrons. The van der Waals surface area contributed by atoms with E-state index in [2.05, 4.69) is 0 Å². The fraction of sp³-hybridized carbons (Fsp3) is 0.308. The van der Waals surface area contributed by atoms with Gasteiger partial charge in [0.25, 0.3) is 0 Å². The Balaban J connectivity index is 2.38. The van der Waals surface area contributed by atoms with Crippen LogP contribution in [-0.2, 0) is 9.53 Å². The molecule has 1 aromatic rings. The second-order valence-corrected chi connectivity index (χ2v) is 3.67. The molecule has 15 heavy (non-hydrogen) atoms. The molecule has 0 aliphatic heterocycles. The zero-order chi connectivity index (χ0) is 10.7. The average Bonchev–Trinajstić information content (AvgIpc) is 2.78. The molecule has 0 spiro atoms. The SMILES string of the molecule is COC(=O)C1=C(c2ccccc2)CCC1. The molecular formula is C13H14O2. The van der Waals surface area contributed by atoms with Crippen LogP contribution in [0.5, 0.6) is 0 Å². The predicted octanol–water partition coefficient (Wildman–Crippen LogP) is 2.80. The topological polar surface area (TPSA) is 26.3 Å². The summed E-state index contributed by atoms with van der Waals surface area (Å²) in [4.78, 5) is 11.5. The van der Waals surface area contributed by atoms with E-state index in [9.17, 15) is 4.79 Å². The highest BCUT2D eigenvalue weighted by atomic mass is 16.5. The molecule has 1 aromatic carbocycles. The highest BCUT2D eigenvalue weighted by Crippen LogP contribution is 2.34. The van der Waals surface area contributed by atoms with Gasteiger partial charge in [-0.3, -0.25) is 0 Å². The number of rotatable bonds is 2. The van der Waals surface area contributed by atoms with Crippen molar-refractivity contribution in [3.63, 3.8) is 0 Å². The zero-order valence-corrected chi connectivity index (χ0v) is 8.82. The molecule has 2 rings (SSSR count). The van der Waals surface area contributed by atoms with E-state index in [1.807, 2.05) is 30.3 Å². The number of benzene rings is 1. The standard InChI is InChI=1S/C13H14O2/c1-15-13(14)12-9-5-8-11(12)10-6-3-2-4-7-10/h2-4,6-7H,5,8-9H2,1H3. The van der Waals surface area contributed by atoms with Crippen LogP contribution >= 0.6 is 0 Å². The quantitative estimate of drug-likeness (QED) is 0.689. The van der Waals surface area contributed by atoms with Gasteiger partial charge in [-0.1, -0.05) is 30.3 Å². The number of hydrogen-bond acceptors (Lipinski definition) is 2. The maximum absolute atomic E-state index is 11.5. The predicted molar refractivity (Wildman–Crippen MR) is 59.2 cm³/mol. The fourth-order valence-corrected chi connectivity index (χ4v) is 2.05. The Labute approximate surface area is 89.6 Å². The van der Waals surface area contributed by atoms with E-state index in [1.165, 1.54) is 7.11 Å². The van der Waals surface area contributed by atoms with Gasteiger partial charge < -0.3 is 4.74 Å². The fourth-order valence-electron chi connectivity index (χ4n) is 2.05. The molecule has 0 N–H and O–H groups in total. The molecule has 0 aromatic heterocycles. The number of esters is 1. The van der Waals surface area contributed by atoms with Gasteiger partial charge in [-0.05, 0) is 30.4 Å². The van der Waals surface area contributed by atoms with Crippen LogP contribution in [0.2, 0.25) is 0 Å². The summed E-state index contributed by atoms with van der Waals surface area (Å²) in [7, 11) is 1.44. The number of carbonyl (C=O) groups is 1. The van der Waals surface area contributed by atoms with Gasteiger partial charge in [-0.2, -0.15) is 0 Å². The van der Waals surface area contributed by atoms with Crippen LogP contribution in [-0.4, -0.2) is 13.1 Å². The molecule has 0 radical (unpaired) electrons. The Morgan fingerprint density at radius 2 is 1.93 bits per heavy atom. The van der Waals surface area contributed by atoms with E-state index in [-0.39, 0.29) is 5.97 Å². The van der Waals surface area contributed by atoms with E-state index in [0.717, 1.165) is 36.0 Å². The van der Waals surface area contributed by atoms with Gasteiger partial charge in [0.1, 0.15) is 0 Å². The van der Waals surface area contributed by atoms with Crippen LogP contribution in [0.25, 0.3) is 5.57 Å². The summed E-state index contributed by atoms with van der Waals surface area (Å²) in [5.41, 5.74) is 3.15. The van der Waals surface area contributed by atoms with E-state index in [0.29, 0.717) is 0 Å². The third kappa shape index (κ3) is 1.94. The molecule has 0 unspecified atom stereocenters. The van der Waals surface area contributed by atoms with Gasteiger partial charge in [0.2, 0.25) is 0 Å². The lowest BCUT2D eigenvalue weighted by Crippen LogP contribution is -2.04. The second kappa shape index (κ2) is 4.30. The normalized spacial score (nSPS) is 15.5. The molecule has 0 saturated carbocycles. The minimum atomic E-state index is -0.175. The van der Waals surface area contributed by atoms with Crippen molar-refractivity contribution in [2.45, 2.75) is 19.3 Å². The molecule has 1 aliphatic rings. The van der Waals surface area contributed by atoms with E-state index in [1.54, 1.807) is 0 Å². The summed E-state index contributed by atoms with van der Waals surface area (Å²) in [6.07, 6.45) is 2.88. The van der Waals surface area contributed by atoms with Crippen molar-refractivity contribution in [2.75, 3.05) is 7.11 Å². The van der Waals surface area contributed by atoms with Crippen molar-refractivity contribution in [3.8, 4) is 0 Å². The monoisotopic (exact) mass is 202 g/mol. The molecule has 0 heterocycles. The van der Waals surface area contributed by atoms with Crippen LogP contribution in [0.3, 0.4) is 0 Å². The largest absolute Gasteiger partial charge is 0.466 e. The van der Waals surface area contributed by atoms with E-state index >= 15 is 0 Å². The number of carbonyl (C=O) groups excluding carboxylic acids is 1. The maximum Gasteiger partial charge on any atom is 0.334 e. The highest BCUT2D eigenvalue weighted by molar-refractivity contribution is 5.98. The Hall–Kier alpha value is -1.57. The van der Waals surface area contributed by atoms with Crippen LogP contribution in [0.1, 0.15) is 24.8 Å². The van der Waals surface area contributed by atoms with Crippen LogP contribution in [0.4, 0.5) is 0 Å². The summed E-state index contributed by atoms with van der Waals surface area (Å²) in [6.45, 7) is 0. The first-order chi connectivity index (χ1) is 7.33. The maximum atomic E-state index is 11.5. The molecule has 2 nitrogen and oxygen atoms in total. The van der Waals surface area contributed by atoms with Crippen molar-refractivity contribution in [1.29, 1.82) is 0 Å². The number of hydrogen-bond donors (Lipinski definition) is 0. The zero-order valence-electron chi connectivity index (χ0n) is 8.82. The summed E-state index contributed by atoms with van der Waals surface area (Å²) in [6, 6.07) is 10.1. The minimum absolute atomic E-state index is 0.175. The number of ether oxygens (including phenoxy) is 1. The molecule has 0 saturated heterocycles. The summed E-state index contributed by atoms with van der Waals surface area (Å²) < 4.78 is 4.79. The van der Waals surface area contributed by atoms with Crippen molar-refractivity contribution in [1.82, 2.24) is 0 Å². The van der Waals surface area contributed by atoms with Crippen molar-refractivity contribution in [2.24, 2.45) is 0 Å². The Kier molecular flexibility index (Phi) is 2.86. The second-order valence-electron chi connectivity index (χ2n) is 3.67. The summed E-state index contributed by atoms with van der Waals surface area (Å²) in [5.74, 6) is -0.175. The smallest absolute Gasteiger partial charge is 0.334 e. The lowest BCUT2D eigenvalue weighted by molar-refractivity contribution is -0.136. The third-order valence-corrected chi connectivity index (χ3v) is 2.77.